The maximum Gasteiger partial charge on any atom is 0.389 e. The second-order valence-electron chi connectivity index (χ2n) is 15.7. The van der Waals surface area contributed by atoms with E-state index in [0.29, 0.717) is 22.6 Å². The highest BCUT2D eigenvalue weighted by Crippen LogP contribution is 2.36. The first kappa shape index (κ1) is 52.5. The molecule has 364 valence electrons. The van der Waals surface area contributed by atoms with Crippen molar-refractivity contribution in [3.05, 3.63) is 155 Å². The number of alkyl halides is 6. The normalized spacial score (nSPS) is 12.5. The van der Waals surface area contributed by atoms with Crippen LogP contribution in [0, 0.1) is 0 Å². The average molecular weight is 963 g/mol. The molecule has 1 atom stereocenters. The predicted octanol–water partition coefficient (Wildman–Crippen LogP) is 10.2. The van der Waals surface area contributed by atoms with E-state index in [0.717, 1.165) is 6.08 Å². The molecule has 5 aromatic rings. The van der Waals surface area contributed by atoms with Gasteiger partial charge >= 0.3 is 24.3 Å². The number of halogens is 6. The number of anilines is 2. The number of esters is 2. The fraction of sp³-hybridized carbons (Fsp3) is 0.255. The van der Waals surface area contributed by atoms with E-state index in [1.54, 1.807) is 12.1 Å². The van der Waals surface area contributed by atoms with Gasteiger partial charge in [0.25, 0.3) is 0 Å². The van der Waals surface area contributed by atoms with Crippen LogP contribution in [0.3, 0.4) is 0 Å². The van der Waals surface area contributed by atoms with Crippen LogP contribution in [0.15, 0.2) is 127 Å². The lowest BCUT2D eigenvalue weighted by Gasteiger charge is -2.30. The van der Waals surface area contributed by atoms with Crippen molar-refractivity contribution in [3.8, 4) is 23.0 Å². The minimum Gasteiger partial charge on any atom is -0.494 e. The first-order chi connectivity index (χ1) is 32.6. The molecule has 69 heavy (non-hydrogen) atoms. The molecule has 0 aliphatic heterocycles. The van der Waals surface area contributed by atoms with Gasteiger partial charge in [0.05, 0.1) is 30.3 Å². The van der Waals surface area contributed by atoms with Gasteiger partial charge in [-0.2, -0.15) is 26.3 Å². The van der Waals surface area contributed by atoms with Crippen molar-refractivity contribution in [2.45, 2.75) is 69.0 Å². The molecular weight excluding hydrogens is 915 g/mol. The zero-order valence-electron chi connectivity index (χ0n) is 36.8. The van der Waals surface area contributed by atoms with Crippen molar-refractivity contribution in [2.75, 3.05) is 24.7 Å². The molecule has 0 bridgehead atoms. The zero-order chi connectivity index (χ0) is 50.2. The van der Waals surface area contributed by atoms with Crippen molar-refractivity contribution in [1.82, 2.24) is 0 Å². The molecule has 0 saturated carbocycles. The summed E-state index contributed by atoms with van der Waals surface area (Å²) in [7, 11) is 0. The molecule has 0 amide bonds. The van der Waals surface area contributed by atoms with Gasteiger partial charge in [0.2, 0.25) is 11.6 Å². The minimum atomic E-state index is -4.23. The van der Waals surface area contributed by atoms with Crippen LogP contribution < -0.4 is 30.4 Å². The summed E-state index contributed by atoms with van der Waals surface area (Å²) in [6.45, 7) is 0.161. The van der Waals surface area contributed by atoms with Crippen molar-refractivity contribution >= 4 is 47.0 Å². The Morgan fingerprint density at radius 2 is 0.971 bits per heavy atom. The fourth-order valence-corrected chi connectivity index (χ4v) is 6.54. The van der Waals surface area contributed by atoms with Crippen LogP contribution in [0.1, 0.15) is 88.3 Å². The largest absolute Gasteiger partial charge is 0.494 e. The van der Waals surface area contributed by atoms with E-state index < -0.39 is 66.8 Å². The molecule has 0 aliphatic carbocycles. The van der Waals surface area contributed by atoms with Crippen molar-refractivity contribution in [1.29, 1.82) is 0 Å². The van der Waals surface area contributed by atoms with E-state index in [4.69, 9.17) is 30.4 Å². The molecule has 0 aromatic heterocycles. The summed E-state index contributed by atoms with van der Waals surface area (Å²) in [4.78, 5) is 52.2. The fourth-order valence-electron chi connectivity index (χ4n) is 6.54. The second-order valence-corrected chi connectivity index (χ2v) is 15.7. The molecule has 18 heteroatoms. The average Bonchev–Trinajstić information content (AvgIpc) is 3.29. The summed E-state index contributed by atoms with van der Waals surface area (Å²) in [6, 6.07) is 27.9. The summed E-state index contributed by atoms with van der Waals surface area (Å²) in [6.07, 6.45) is -5.73. The Morgan fingerprint density at radius 1 is 0.551 bits per heavy atom. The predicted molar refractivity (Wildman–Crippen MR) is 244 cm³/mol. The van der Waals surface area contributed by atoms with E-state index in [1.165, 1.54) is 121 Å². The second kappa shape index (κ2) is 24.0. The molecular formula is C51H48F6N2O10. The molecule has 0 saturated heterocycles. The highest BCUT2D eigenvalue weighted by atomic mass is 19.4. The van der Waals surface area contributed by atoms with Crippen molar-refractivity contribution in [3.63, 3.8) is 0 Å². The van der Waals surface area contributed by atoms with Gasteiger partial charge in [-0.05, 0) is 139 Å². The van der Waals surface area contributed by atoms with Gasteiger partial charge in [0.15, 0.2) is 5.78 Å². The summed E-state index contributed by atoms with van der Waals surface area (Å²) in [5.41, 5.74) is 13.6. The standard InChI is InChI=1S/C51H48F6N2O10/c52-49(53,54)27-1-3-29-66-39-21-11-35(12-22-39)47(62)68-41-17-6-33(7-18-41)5-16-38(60)32-44(43-25-15-37(58)31-45(43)59)51(64,65)46(61)26-10-34-8-19-42(20-9-34)69-48(63)36-13-23-40(24-14-36)67-30-4-2-28-50(55,56)57/h5-26,31,44,64-65H,1-4,27-30,32,58-59H2. The third-order valence-electron chi connectivity index (χ3n) is 10.2. The minimum absolute atomic E-state index is 0.00138. The Hall–Kier alpha value is -7.44. The van der Waals surface area contributed by atoms with Gasteiger partial charge in [-0.15, -0.1) is 0 Å². The molecule has 0 radical (unpaired) electrons. The number of nitrogens with two attached hydrogens (primary N) is 2. The molecule has 0 fully saturated rings. The van der Waals surface area contributed by atoms with E-state index in [9.17, 15) is 55.7 Å². The number of carbonyl (C=O) groups excluding carboxylic acids is 4. The topological polar surface area (TPSA) is 198 Å². The van der Waals surface area contributed by atoms with Crippen molar-refractivity contribution in [2.24, 2.45) is 0 Å². The summed E-state index contributed by atoms with van der Waals surface area (Å²) >= 11 is 0. The van der Waals surface area contributed by atoms with Crippen LogP contribution >= 0.6 is 0 Å². The third kappa shape index (κ3) is 17.3. The van der Waals surface area contributed by atoms with Crippen LogP contribution in [0.4, 0.5) is 37.7 Å². The Balaban J connectivity index is 1.15. The molecule has 6 N–H and O–H groups in total. The van der Waals surface area contributed by atoms with Crippen LogP contribution in [0.5, 0.6) is 23.0 Å². The zero-order valence-corrected chi connectivity index (χ0v) is 36.8. The van der Waals surface area contributed by atoms with Crippen LogP contribution in [-0.2, 0) is 9.59 Å². The summed E-state index contributed by atoms with van der Waals surface area (Å²) < 4.78 is 95.6. The van der Waals surface area contributed by atoms with Gasteiger partial charge in [-0.1, -0.05) is 42.5 Å². The van der Waals surface area contributed by atoms with E-state index >= 15 is 0 Å². The number of allylic oxidation sites excluding steroid dienone is 1. The number of carbonyl (C=O) groups is 4. The summed E-state index contributed by atoms with van der Waals surface area (Å²) in [5, 5.41) is 22.7. The number of hydrogen-bond acceptors (Lipinski definition) is 12. The van der Waals surface area contributed by atoms with Crippen LogP contribution in [-0.4, -0.2) is 65.1 Å². The van der Waals surface area contributed by atoms with Gasteiger partial charge in [-0.3, -0.25) is 9.59 Å². The third-order valence-corrected chi connectivity index (χ3v) is 10.2. The quantitative estimate of drug-likeness (QED) is 0.00921. The van der Waals surface area contributed by atoms with Gasteiger partial charge in [-0.25, -0.2) is 9.59 Å². The van der Waals surface area contributed by atoms with E-state index in [1.807, 2.05) is 0 Å². The van der Waals surface area contributed by atoms with E-state index in [2.05, 4.69) is 0 Å². The number of hydrogen-bond donors (Lipinski definition) is 4. The van der Waals surface area contributed by atoms with Gasteiger partial charge in [0, 0.05) is 30.6 Å². The number of benzene rings is 5. The van der Waals surface area contributed by atoms with Gasteiger partial charge in [0.1, 0.15) is 23.0 Å². The Bertz CT molecular complexity index is 2580. The molecule has 12 nitrogen and oxygen atoms in total. The molecule has 0 spiro atoms. The first-order valence-corrected chi connectivity index (χ1v) is 21.4. The molecule has 0 aliphatic rings. The Morgan fingerprint density at radius 3 is 1.39 bits per heavy atom. The lowest BCUT2D eigenvalue weighted by molar-refractivity contribution is -0.187. The van der Waals surface area contributed by atoms with Crippen molar-refractivity contribution < 1.29 is 74.7 Å². The lowest BCUT2D eigenvalue weighted by Crippen LogP contribution is -2.44. The van der Waals surface area contributed by atoms with Crippen LogP contribution in [0.2, 0.25) is 0 Å². The summed E-state index contributed by atoms with van der Waals surface area (Å²) in [5.74, 6) is -6.83. The maximum atomic E-state index is 13.4. The number of ether oxygens (including phenoxy) is 4. The van der Waals surface area contributed by atoms with Gasteiger partial charge < -0.3 is 40.6 Å². The number of unbranched alkanes of at least 4 members (excludes halogenated alkanes) is 2. The van der Waals surface area contributed by atoms with Crippen LogP contribution in [0.25, 0.3) is 12.2 Å². The molecule has 0 heterocycles. The highest BCUT2D eigenvalue weighted by molar-refractivity contribution is 6.01. The monoisotopic (exact) mass is 962 g/mol. The number of aliphatic hydroxyl groups is 2. The lowest BCUT2D eigenvalue weighted by atomic mass is 9.82. The number of ketones is 2. The highest BCUT2D eigenvalue weighted by Gasteiger charge is 2.43. The molecule has 5 rings (SSSR count). The smallest absolute Gasteiger partial charge is 0.389 e. The number of nitrogen functional groups attached to an aromatic ring is 2. The Labute approximate surface area is 392 Å². The molecule has 1 unspecified atom stereocenters. The molecule has 5 aromatic carbocycles. The maximum absolute atomic E-state index is 13.4. The Kier molecular flexibility index (Phi) is 18.3. The van der Waals surface area contributed by atoms with E-state index in [-0.39, 0.29) is 78.5 Å². The SMILES string of the molecule is Nc1ccc(C(CC(=O)C=Cc2ccc(OC(=O)c3ccc(OCCCCC(F)(F)F)cc3)cc2)C(O)(O)C(=O)C=Cc2ccc(OC(=O)c3ccc(OCCCCC(F)(F)F)cc3)cc2)c(N)c1. The first-order valence-electron chi connectivity index (χ1n) is 21.4. The number of rotatable bonds is 23.